The highest BCUT2D eigenvalue weighted by Gasteiger charge is 2.24. The van der Waals surface area contributed by atoms with Gasteiger partial charge in [0.25, 0.3) is 0 Å². The van der Waals surface area contributed by atoms with Gasteiger partial charge in [0, 0.05) is 12.1 Å². The zero-order chi connectivity index (χ0) is 13.0. The third-order valence-corrected chi connectivity index (χ3v) is 1.59. The summed E-state index contributed by atoms with van der Waals surface area (Å²) in [4.78, 5) is 21.7. The van der Waals surface area contributed by atoms with Gasteiger partial charge in [-0.05, 0) is 27.7 Å². The predicted octanol–water partition coefficient (Wildman–Crippen LogP) is 0.703. The zero-order valence-electron chi connectivity index (χ0n) is 10.2. The Balaban J connectivity index is 4.05. The minimum atomic E-state index is -1.00. The summed E-state index contributed by atoms with van der Waals surface area (Å²) in [5, 5.41) is 11.0. The van der Waals surface area contributed by atoms with Gasteiger partial charge < -0.3 is 20.9 Å². The molecule has 6 heteroatoms. The van der Waals surface area contributed by atoms with Crippen LogP contribution in [0.15, 0.2) is 0 Å². The number of hydrogen-bond acceptors (Lipinski definition) is 4. The van der Waals surface area contributed by atoms with E-state index in [0.717, 1.165) is 0 Å². The molecule has 1 atom stereocenters. The number of amides is 1. The average molecular weight is 232 g/mol. The molecule has 16 heavy (non-hydrogen) atoms. The van der Waals surface area contributed by atoms with Gasteiger partial charge in [0.2, 0.25) is 0 Å². The van der Waals surface area contributed by atoms with Crippen LogP contribution in [-0.4, -0.2) is 34.9 Å². The van der Waals surface area contributed by atoms with Crippen LogP contribution in [0.1, 0.15) is 34.1 Å². The third kappa shape index (κ3) is 8.05. The summed E-state index contributed by atoms with van der Waals surface area (Å²) in [6, 6.07) is 0. The topological polar surface area (TPSA) is 102 Å². The van der Waals surface area contributed by atoms with Gasteiger partial charge >= 0.3 is 12.1 Å². The van der Waals surface area contributed by atoms with Crippen LogP contribution >= 0.6 is 0 Å². The second-order valence-electron chi connectivity index (χ2n) is 5.08. The first kappa shape index (κ1) is 14.7. The van der Waals surface area contributed by atoms with E-state index in [1.165, 1.54) is 0 Å². The molecule has 0 radical (unpaired) electrons. The number of carboxylic acids is 1. The van der Waals surface area contributed by atoms with Crippen LogP contribution < -0.4 is 11.1 Å². The molecule has 1 unspecified atom stereocenters. The summed E-state index contributed by atoms with van der Waals surface area (Å²) in [5.41, 5.74) is 4.11. The van der Waals surface area contributed by atoms with Crippen LogP contribution in [0.2, 0.25) is 0 Å². The predicted molar refractivity (Wildman–Crippen MR) is 59.1 cm³/mol. The highest BCUT2D eigenvalue weighted by molar-refractivity contribution is 5.70. The lowest BCUT2D eigenvalue weighted by atomic mass is 10.00. The fourth-order valence-electron chi connectivity index (χ4n) is 0.996. The number of alkyl carbamates (subject to hydrolysis) is 1. The molecular weight excluding hydrogens is 212 g/mol. The van der Waals surface area contributed by atoms with Crippen molar-refractivity contribution in [3.8, 4) is 0 Å². The van der Waals surface area contributed by atoms with E-state index in [2.05, 4.69) is 5.32 Å². The Hall–Kier alpha value is -1.30. The first-order chi connectivity index (χ1) is 7.02. The highest BCUT2D eigenvalue weighted by atomic mass is 16.6. The van der Waals surface area contributed by atoms with Gasteiger partial charge in [0.05, 0.1) is 6.42 Å². The lowest BCUT2D eigenvalue weighted by Crippen LogP contribution is -2.49. The number of carbonyl (C=O) groups excluding carboxylic acids is 1. The summed E-state index contributed by atoms with van der Waals surface area (Å²) in [6.45, 7) is 6.83. The average Bonchev–Trinajstić information content (AvgIpc) is 1.95. The van der Waals surface area contributed by atoms with Crippen molar-refractivity contribution in [1.29, 1.82) is 0 Å². The smallest absolute Gasteiger partial charge is 0.407 e. The van der Waals surface area contributed by atoms with E-state index in [0.29, 0.717) is 0 Å². The van der Waals surface area contributed by atoms with Crippen LogP contribution in [0.25, 0.3) is 0 Å². The number of ether oxygens (including phenoxy) is 1. The van der Waals surface area contributed by atoms with Crippen LogP contribution in [-0.2, 0) is 9.53 Å². The molecule has 0 bridgehead atoms. The Labute approximate surface area is 95.1 Å². The number of nitrogens with two attached hydrogens (primary N) is 1. The van der Waals surface area contributed by atoms with Crippen molar-refractivity contribution in [1.82, 2.24) is 5.32 Å². The maximum atomic E-state index is 11.3. The number of carboxylic acid groups (broad SMARTS) is 1. The number of nitrogens with one attached hydrogen (secondary N) is 1. The Morgan fingerprint density at radius 1 is 1.31 bits per heavy atom. The van der Waals surface area contributed by atoms with E-state index in [1.54, 1.807) is 27.7 Å². The van der Waals surface area contributed by atoms with Gasteiger partial charge in [0.15, 0.2) is 0 Å². The minimum absolute atomic E-state index is 0.0498. The fraction of sp³-hybridized carbons (Fsp3) is 0.800. The number of rotatable bonds is 4. The molecule has 0 rings (SSSR count). The van der Waals surface area contributed by atoms with Crippen LogP contribution in [0.4, 0.5) is 4.79 Å². The molecule has 0 aromatic rings. The molecule has 0 spiro atoms. The van der Waals surface area contributed by atoms with Gasteiger partial charge in [-0.15, -0.1) is 0 Å². The van der Waals surface area contributed by atoms with E-state index < -0.39 is 23.2 Å². The van der Waals surface area contributed by atoms with E-state index in [1.807, 2.05) is 0 Å². The van der Waals surface area contributed by atoms with E-state index in [4.69, 9.17) is 15.6 Å². The molecule has 94 valence electrons. The van der Waals surface area contributed by atoms with Crippen molar-refractivity contribution in [3.05, 3.63) is 0 Å². The molecule has 1 amide bonds. The van der Waals surface area contributed by atoms with Crippen molar-refractivity contribution < 1.29 is 19.4 Å². The molecule has 6 nitrogen and oxygen atoms in total. The SMILES string of the molecule is CC(N)(CNC(=O)OC(C)(C)C)CC(=O)O. The normalized spacial score (nSPS) is 15.1. The van der Waals surface area contributed by atoms with Crippen molar-refractivity contribution in [3.63, 3.8) is 0 Å². The monoisotopic (exact) mass is 232 g/mol. The Morgan fingerprint density at radius 2 is 1.81 bits per heavy atom. The lowest BCUT2D eigenvalue weighted by molar-refractivity contribution is -0.138. The van der Waals surface area contributed by atoms with Crippen molar-refractivity contribution in [2.45, 2.75) is 45.3 Å². The Morgan fingerprint density at radius 3 is 2.19 bits per heavy atom. The molecule has 0 aliphatic heterocycles. The minimum Gasteiger partial charge on any atom is -0.481 e. The largest absolute Gasteiger partial charge is 0.481 e. The van der Waals surface area contributed by atoms with Crippen molar-refractivity contribution >= 4 is 12.1 Å². The molecule has 0 saturated heterocycles. The summed E-state index contributed by atoms with van der Waals surface area (Å²) < 4.78 is 4.99. The van der Waals surface area contributed by atoms with Crippen LogP contribution in [0, 0.1) is 0 Å². The molecule has 0 saturated carbocycles. The van der Waals surface area contributed by atoms with E-state index in [-0.39, 0.29) is 13.0 Å². The maximum absolute atomic E-state index is 11.3. The molecule has 0 heterocycles. The fourth-order valence-corrected chi connectivity index (χ4v) is 0.996. The third-order valence-electron chi connectivity index (χ3n) is 1.59. The van der Waals surface area contributed by atoms with Crippen molar-refractivity contribution in [2.75, 3.05) is 6.54 Å². The van der Waals surface area contributed by atoms with E-state index in [9.17, 15) is 9.59 Å². The van der Waals surface area contributed by atoms with Gasteiger partial charge in [-0.1, -0.05) is 0 Å². The quantitative estimate of drug-likeness (QED) is 0.662. The molecule has 0 aromatic heterocycles. The van der Waals surface area contributed by atoms with Gasteiger partial charge in [0.1, 0.15) is 5.60 Å². The lowest BCUT2D eigenvalue weighted by Gasteiger charge is -2.25. The second kappa shape index (κ2) is 5.16. The van der Waals surface area contributed by atoms with Gasteiger partial charge in [-0.2, -0.15) is 0 Å². The summed E-state index contributed by atoms with van der Waals surface area (Å²) in [6.07, 6.45) is -0.822. The first-order valence-electron chi connectivity index (χ1n) is 4.99. The number of hydrogen-bond donors (Lipinski definition) is 3. The Bertz CT molecular complexity index is 268. The molecule has 0 aromatic carbocycles. The Kier molecular flexibility index (Phi) is 4.74. The molecule has 0 fully saturated rings. The highest BCUT2D eigenvalue weighted by Crippen LogP contribution is 2.08. The van der Waals surface area contributed by atoms with Gasteiger partial charge in [-0.3, -0.25) is 4.79 Å². The second-order valence-corrected chi connectivity index (χ2v) is 5.08. The summed E-state index contributed by atoms with van der Waals surface area (Å²) >= 11 is 0. The van der Waals surface area contributed by atoms with Crippen molar-refractivity contribution in [2.24, 2.45) is 5.73 Å². The molecular formula is C10H20N2O4. The molecule has 0 aliphatic carbocycles. The summed E-state index contributed by atoms with van der Waals surface area (Å²) in [7, 11) is 0. The number of aliphatic carboxylic acids is 1. The van der Waals surface area contributed by atoms with Crippen LogP contribution in [0.3, 0.4) is 0 Å². The molecule has 0 aliphatic rings. The first-order valence-corrected chi connectivity index (χ1v) is 4.99. The maximum Gasteiger partial charge on any atom is 0.407 e. The number of carbonyl (C=O) groups is 2. The van der Waals surface area contributed by atoms with Crippen LogP contribution in [0.5, 0.6) is 0 Å². The summed E-state index contributed by atoms with van der Waals surface area (Å²) in [5.74, 6) is -1.00. The zero-order valence-corrected chi connectivity index (χ0v) is 10.2. The van der Waals surface area contributed by atoms with E-state index >= 15 is 0 Å². The van der Waals surface area contributed by atoms with Gasteiger partial charge in [-0.25, -0.2) is 4.79 Å². The molecule has 4 N–H and O–H groups in total. The standard InChI is InChI=1S/C10H20N2O4/c1-9(2,3)16-8(15)12-6-10(4,11)5-7(13)14/h5-6,11H2,1-4H3,(H,12,15)(H,13,14).